The first-order valence-corrected chi connectivity index (χ1v) is 4.46. The molecule has 0 fully saturated rings. The minimum atomic E-state index is 0.640. The maximum absolute atomic E-state index is 6.07. The monoisotopic (exact) mass is 195 g/mol. The van der Waals surface area contributed by atoms with Crippen molar-refractivity contribution >= 4 is 17.2 Å². The summed E-state index contributed by atoms with van der Waals surface area (Å²) in [6.45, 7) is 5.87. The lowest BCUT2D eigenvalue weighted by Crippen LogP contribution is -1.94. The standard InChI is InChI=1S/C9H10ClN3/c1-5-4-11-9-6(2)7(3)12-13(9)8(5)10/h4H,1-3H3. The van der Waals surface area contributed by atoms with Crippen molar-refractivity contribution < 1.29 is 0 Å². The van der Waals surface area contributed by atoms with E-state index in [9.17, 15) is 0 Å². The number of halogens is 1. The predicted molar refractivity (Wildman–Crippen MR) is 52.2 cm³/mol. The van der Waals surface area contributed by atoms with Crippen LogP contribution in [-0.4, -0.2) is 14.6 Å². The van der Waals surface area contributed by atoms with Gasteiger partial charge in [0.25, 0.3) is 0 Å². The third kappa shape index (κ3) is 1.11. The Morgan fingerprint density at radius 1 is 1.31 bits per heavy atom. The van der Waals surface area contributed by atoms with Crippen LogP contribution in [0.4, 0.5) is 0 Å². The molecular weight excluding hydrogens is 186 g/mol. The molecule has 0 saturated heterocycles. The van der Waals surface area contributed by atoms with Gasteiger partial charge in [-0.2, -0.15) is 5.10 Å². The maximum Gasteiger partial charge on any atom is 0.159 e. The van der Waals surface area contributed by atoms with Crippen LogP contribution in [0.2, 0.25) is 5.15 Å². The van der Waals surface area contributed by atoms with Crippen molar-refractivity contribution in [3.8, 4) is 0 Å². The van der Waals surface area contributed by atoms with Gasteiger partial charge in [-0.05, 0) is 20.8 Å². The summed E-state index contributed by atoms with van der Waals surface area (Å²) in [4.78, 5) is 4.28. The zero-order chi connectivity index (χ0) is 9.59. The van der Waals surface area contributed by atoms with Crippen LogP contribution in [-0.2, 0) is 0 Å². The van der Waals surface area contributed by atoms with Crippen molar-refractivity contribution in [2.24, 2.45) is 0 Å². The fourth-order valence-corrected chi connectivity index (χ4v) is 1.43. The predicted octanol–water partition coefficient (Wildman–Crippen LogP) is 2.31. The Kier molecular flexibility index (Phi) is 1.77. The summed E-state index contributed by atoms with van der Waals surface area (Å²) in [6, 6.07) is 0. The topological polar surface area (TPSA) is 30.2 Å². The Bertz CT molecular complexity index is 473. The molecule has 0 aromatic carbocycles. The second-order valence-corrected chi connectivity index (χ2v) is 3.54. The van der Waals surface area contributed by atoms with Crippen molar-refractivity contribution in [3.63, 3.8) is 0 Å². The third-order valence-electron chi connectivity index (χ3n) is 2.22. The number of hydrogen-bond donors (Lipinski definition) is 0. The van der Waals surface area contributed by atoms with E-state index >= 15 is 0 Å². The molecule has 2 rings (SSSR count). The Morgan fingerprint density at radius 3 is 2.69 bits per heavy atom. The minimum Gasteiger partial charge on any atom is -0.236 e. The fourth-order valence-electron chi connectivity index (χ4n) is 1.26. The van der Waals surface area contributed by atoms with Crippen LogP contribution in [0.5, 0.6) is 0 Å². The number of fused-ring (bicyclic) bond motifs is 1. The summed E-state index contributed by atoms with van der Waals surface area (Å²) < 4.78 is 1.68. The van der Waals surface area contributed by atoms with Crippen LogP contribution in [0, 0.1) is 20.8 Å². The van der Waals surface area contributed by atoms with Gasteiger partial charge in [-0.15, -0.1) is 0 Å². The van der Waals surface area contributed by atoms with E-state index in [1.54, 1.807) is 10.7 Å². The largest absolute Gasteiger partial charge is 0.236 e. The van der Waals surface area contributed by atoms with Gasteiger partial charge < -0.3 is 0 Å². The van der Waals surface area contributed by atoms with Crippen molar-refractivity contribution in [1.29, 1.82) is 0 Å². The Hall–Kier alpha value is -1.09. The van der Waals surface area contributed by atoms with Gasteiger partial charge in [-0.3, -0.25) is 0 Å². The van der Waals surface area contributed by atoms with E-state index in [-0.39, 0.29) is 0 Å². The van der Waals surface area contributed by atoms with Gasteiger partial charge in [0.2, 0.25) is 0 Å². The molecule has 13 heavy (non-hydrogen) atoms. The summed E-state index contributed by atoms with van der Waals surface area (Å²) in [6.07, 6.45) is 1.77. The summed E-state index contributed by atoms with van der Waals surface area (Å²) >= 11 is 6.07. The quantitative estimate of drug-likeness (QED) is 0.604. The third-order valence-corrected chi connectivity index (χ3v) is 2.68. The average molecular weight is 196 g/mol. The molecule has 0 saturated carbocycles. The molecule has 0 atom stereocenters. The summed E-state index contributed by atoms with van der Waals surface area (Å²) in [7, 11) is 0. The number of aromatic nitrogens is 3. The lowest BCUT2D eigenvalue weighted by atomic mass is 10.3. The van der Waals surface area contributed by atoms with Gasteiger partial charge in [0.1, 0.15) is 5.15 Å². The first-order chi connectivity index (χ1) is 6.11. The Balaban J connectivity index is 2.94. The Labute approximate surface area is 81.4 Å². The van der Waals surface area contributed by atoms with E-state index in [0.717, 1.165) is 22.5 Å². The molecule has 0 amide bonds. The molecule has 3 nitrogen and oxygen atoms in total. The van der Waals surface area contributed by atoms with Crippen LogP contribution in [0.15, 0.2) is 6.20 Å². The maximum atomic E-state index is 6.07. The minimum absolute atomic E-state index is 0.640. The number of hydrogen-bond acceptors (Lipinski definition) is 2. The van der Waals surface area contributed by atoms with Crippen LogP contribution in [0.3, 0.4) is 0 Å². The summed E-state index contributed by atoms with van der Waals surface area (Å²) in [5.41, 5.74) is 3.84. The van der Waals surface area contributed by atoms with Crippen molar-refractivity contribution in [3.05, 3.63) is 28.2 Å². The zero-order valence-corrected chi connectivity index (χ0v) is 8.55. The van der Waals surface area contributed by atoms with Crippen molar-refractivity contribution in [2.45, 2.75) is 20.8 Å². The van der Waals surface area contributed by atoms with Crippen LogP contribution in [0.25, 0.3) is 5.65 Å². The second-order valence-electron chi connectivity index (χ2n) is 3.18. The molecule has 0 unspecified atom stereocenters. The summed E-state index contributed by atoms with van der Waals surface area (Å²) in [5, 5.41) is 4.94. The molecular formula is C9H10ClN3. The fraction of sp³-hybridized carbons (Fsp3) is 0.333. The lowest BCUT2D eigenvalue weighted by molar-refractivity contribution is 0.908. The number of rotatable bonds is 0. The molecule has 0 bridgehead atoms. The first-order valence-electron chi connectivity index (χ1n) is 4.08. The molecule has 2 aromatic heterocycles. The van der Waals surface area contributed by atoms with Gasteiger partial charge in [-0.1, -0.05) is 11.6 Å². The molecule has 0 N–H and O–H groups in total. The van der Waals surface area contributed by atoms with Crippen molar-refractivity contribution in [1.82, 2.24) is 14.6 Å². The number of nitrogens with zero attached hydrogens (tertiary/aromatic N) is 3. The van der Waals surface area contributed by atoms with Crippen LogP contribution >= 0.6 is 11.6 Å². The van der Waals surface area contributed by atoms with Gasteiger partial charge in [0, 0.05) is 17.3 Å². The average Bonchev–Trinajstić information content (AvgIpc) is 2.38. The van der Waals surface area contributed by atoms with Gasteiger partial charge >= 0.3 is 0 Å². The highest BCUT2D eigenvalue weighted by atomic mass is 35.5. The van der Waals surface area contributed by atoms with Crippen LogP contribution in [0.1, 0.15) is 16.8 Å². The van der Waals surface area contributed by atoms with Gasteiger partial charge in [-0.25, -0.2) is 9.50 Å². The van der Waals surface area contributed by atoms with E-state index in [1.807, 2.05) is 20.8 Å². The van der Waals surface area contributed by atoms with Crippen molar-refractivity contribution in [2.75, 3.05) is 0 Å². The molecule has 0 aliphatic rings. The van der Waals surface area contributed by atoms with E-state index in [4.69, 9.17) is 11.6 Å². The second kappa shape index (κ2) is 2.70. The van der Waals surface area contributed by atoms with E-state index in [0.29, 0.717) is 5.15 Å². The first kappa shape index (κ1) is 8.51. The molecule has 0 spiro atoms. The highest BCUT2D eigenvalue weighted by molar-refractivity contribution is 6.30. The van der Waals surface area contributed by atoms with Crippen LogP contribution < -0.4 is 0 Å². The molecule has 0 aliphatic carbocycles. The summed E-state index contributed by atoms with van der Waals surface area (Å²) in [5.74, 6) is 0. The van der Waals surface area contributed by atoms with E-state index < -0.39 is 0 Å². The highest BCUT2D eigenvalue weighted by Gasteiger charge is 2.09. The van der Waals surface area contributed by atoms with E-state index in [2.05, 4.69) is 10.1 Å². The molecule has 2 heterocycles. The molecule has 4 heteroatoms. The number of aryl methyl sites for hydroxylation is 3. The molecule has 0 aliphatic heterocycles. The van der Waals surface area contributed by atoms with E-state index in [1.165, 1.54) is 0 Å². The van der Waals surface area contributed by atoms with Gasteiger partial charge in [0.05, 0.1) is 5.69 Å². The lowest BCUT2D eigenvalue weighted by Gasteiger charge is -1.99. The normalized spacial score (nSPS) is 11.1. The molecule has 68 valence electrons. The molecule has 0 radical (unpaired) electrons. The van der Waals surface area contributed by atoms with Gasteiger partial charge in [0.15, 0.2) is 5.65 Å². The highest BCUT2D eigenvalue weighted by Crippen LogP contribution is 2.19. The zero-order valence-electron chi connectivity index (χ0n) is 7.80. The SMILES string of the molecule is Cc1cnc2c(C)c(C)nn2c1Cl. The molecule has 2 aromatic rings. The smallest absolute Gasteiger partial charge is 0.159 e. The Morgan fingerprint density at radius 2 is 2.00 bits per heavy atom.